The molecule has 3 aliphatic heterocycles. The Balaban J connectivity index is 1.32. The molecule has 2 fully saturated rings. The highest BCUT2D eigenvalue weighted by atomic mass is 32.1. The van der Waals surface area contributed by atoms with E-state index in [4.69, 9.17) is 4.74 Å². The summed E-state index contributed by atoms with van der Waals surface area (Å²) in [6.07, 6.45) is 1.52. The number of nitrogens with one attached hydrogen (secondary N) is 2. The normalized spacial score (nSPS) is 22.8. The summed E-state index contributed by atoms with van der Waals surface area (Å²) in [6.45, 7) is 2.90. The molecule has 1 aromatic heterocycles. The standard InChI is InChI=1S/C33H37F3N4O4S/c1-18-17-45-32(38-18)28-15-23(36)16-40(28)33(43)25-12-20(13-29-24(25)5-2-3-8-44-29)31(42)39-27(30(41)26-6-4-7-37-26)11-19-9-21(34)14-22(35)10-19/h9-10,12-14,17,23,26-28,30,37,41H,2-8,11,15-16H2,1H3,(H,39,42)/t23-,26+,27-,28+,30+/m0/s1. The average molecular weight is 643 g/mol. The van der Waals surface area contributed by atoms with Crippen molar-refractivity contribution >= 4 is 23.2 Å². The quantitative estimate of drug-likeness (QED) is 0.326. The summed E-state index contributed by atoms with van der Waals surface area (Å²) >= 11 is 1.39. The number of hydrogen-bond acceptors (Lipinski definition) is 7. The lowest BCUT2D eigenvalue weighted by molar-refractivity contribution is 0.0725. The first-order chi connectivity index (χ1) is 21.7. The molecule has 4 heterocycles. The van der Waals surface area contributed by atoms with Gasteiger partial charge in [-0.05, 0) is 81.8 Å². The fourth-order valence-corrected chi connectivity index (χ4v) is 7.56. The predicted octanol–water partition coefficient (Wildman–Crippen LogP) is 4.82. The third-order valence-electron chi connectivity index (χ3n) is 8.83. The highest BCUT2D eigenvalue weighted by molar-refractivity contribution is 7.09. The average Bonchev–Trinajstić information content (AvgIpc) is 3.73. The summed E-state index contributed by atoms with van der Waals surface area (Å²) in [5, 5.41) is 19.9. The van der Waals surface area contributed by atoms with Gasteiger partial charge in [-0.3, -0.25) is 9.59 Å². The summed E-state index contributed by atoms with van der Waals surface area (Å²) in [6, 6.07) is 4.52. The Bertz CT molecular complexity index is 1540. The molecule has 8 nitrogen and oxygen atoms in total. The van der Waals surface area contributed by atoms with Crippen molar-refractivity contribution in [1.29, 1.82) is 0 Å². The molecule has 0 bridgehead atoms. The van der Waals surface area contributed by atoms with Gasteiger partial charge in [0.2, 0.25) is 0 Å². The van der Waals surface area contributed by atoms with Crippen molar-refractivity contribution in [2.24, 2.45) is 0 Å². The zero-order valence-electron chi connectivity index (χ0n) is 25.0. The SMILES string of the molecule is Cc1csc([C@H]2C[C@H](F)CN2C(=O)c2cc(C(=O)N[C@@H](Cc3cc(F)cc(F)c3)[C@H](O)[C@H]3CCCN3)cc3c2CCCCO3)n1. The van der Waals surface area contributed by atoms with Crippen molar-refractivity contribution < 1.29 is 32.6 Å². The molecule has 45 heavy (non-hydrogen) atoms. The van der Waals surface area contributed by atoms with Gasteiger partial charge in [0.05, 0.1) is 31.3 Å². The van der Waals surface area contributed by atoms with Gasteiger partial charge in [-0.25, -0.2) is 18.2 Å². The molecule has 2 saturated heterocycles. The Morgan fingerprint density at radius 2 is 1.98 bits per heavy atom. The number of aliphatic hydroxyl groups excluding tert-OH is 1. The number of rotatable bonds is 8. The maximum Gasteiger partial charge on any atom is 0.254 e. The van der Waals surface area contributed by atoms with Crippen LogP contribution in [0.1, 0.15) is 80.7 Å². The van der Waals surface area contributed by atoms with E-state index in [1.807, 2.05) is 12.3 Å². The lowest BCUT2D eigenvalue weighted by Gasteiger charge is -2.29. The number of aliphatic hydroxyl groups is 1. The molecular formula is C33H37F3N4O4S. The van der Waals surface area contributed by atoms with E-state index in [1.54, 1.807) is 6.07 Å². The van der Waals surface area contributed by atoms with Crippen LogP contribution >= 0.6 is 11.3 Å². The number of carbonyl (C=O) groups excluding carboxylic acids is 2. The fraction of sp³-hybridized carbons (Fsp3) is 0.485. The van der Waals surface area contributed by atoms with Gasteiger partial charge in [0.15, 0.2) is 0 Å². The van der Waals surface area contributed by atoms with Gasteiger partial charge in [0.1, 0.15) is 28.6 Å². The van der Waals surface area contributed by atoms with Crippen LogP contribution in [-0.2, 0) is 12.8 Å². The first kappa shape index (κ1) is 31.5. The number of halogens is 3. The summed E-state index contributed by atoms with van der Waals surface area (Å²) in [5.41, 5.74) is 2.17. The molecule has 3 aliphatic rings. The number of aromatic nitrogens is 1. The number of carbonyl (C=O) groups is 2. The number of ether oxygens (including phenoxy) is 1. The minimum absolute atomic E-state index is 0.0203. The number of hydrogen-bond donors (Lipinski definition) is 3. The molecule has 0 spiro atoms. The number of likely N-dealkylation sites (tertiary alicyclic amines) is 1. The van der Waals surface area contributed by atoms with Gasteiger partial charge in [-0.15, -0.1) is 11.3 Å². The Labute approximate surface area is 264 Å². The van der Waals surface area contributed by atoms with Gasteiger partial charge in [-0.1, -0.05) is 0 Å². The smallest absolute Gasteiger partial charge is 0.254 e. The largest absolute Gasteiger partial charge is 0.493 e. The second-order valence-electron chi connectivity index (χ2n) is 12.2. The highest BCUT2D eigenvalue weighted by Gasteiger charge is 2.40. The monoisotopic (exact) mass is 642 g/mol. The van der Waals surface area contributed by atoms with Crippen molar-refractivity contribution in [3.8, 4) is 5.75 Å². The number of benzene rings is 2. The van der Waals surface area contributed by atoms with Crippen LogP contribution in [-0.4, -0.2) is 70.9 Å². The lowest BCUT2D eigenvalue weighted by Crippen LogP contribution is -2.52. The first-order valence-corrected chi connectivity index (χ1v) is 16.4. The first-order valence-electron chi connectivity index (χ1n) is 15.5. The summed E-state index contributed by atoms with van der Waals surface area (Å²) in [5.74, 6) is -2.05. The number of fused-ring (bicyclic) bond motifs is 1. The third-order valence-corrected chi connectivity index (χ3v) is 9.89. The fourth-order valence-electron chi connectivity index (χ4n) is 6.64. The molecule has 0 radical (unpaired) electrons. The summed E-state index contributed by atoms with van der Waals surface area (Å²) in [4.78, 5) is 34.1. The van der Waals surface area contributed by atoms with Gasteiger partial charge in [-0.2, -0.15) is 0 Å². The van der Waals surface area contributed by atoms with E-state index in [-0.39, 0.29) is 42.1 Å². The Morgan fingerprint density at radius 3 is 2.69 bits per heavy atom. The third kappa shape index (κ3) is 7.02. The van der Waals surface area contributed by atoms with E-state index in [2.05, 4.69) is 15.6 Å². The van der Waals surface area contributed by atoms with E-state index in [0.717, 1.165) is 31.0 Å². The molecule has 5 atom stereocenters. The molecule has 0 aliphatic carbocycles. The van der Waals surface area contributed by atoms with Crippen LogP contribution in [0.15, 0.2) is 35.7 Å². The maximum atomic E-state index is 14.8. The second-order valence-corrected chi connectivity index (χ2v) is 13.1. The van der Waals surface area contributed by atoms with Crippen LogP contribution in [0.3, 0.4) is 0 Å². The van der Waals surface area contributed by atoms with Crippen molar-refractivity contribution in [3.05, 3.63) is 80.3 Å². The highest BCUT2D eigenvalue weighted by Crippen LogP contribution is 2.38. The molecule has 0 saturated carbocycles. The molecule has 2 amide bonds. The second kappa shape index (κ2) is 13.5. The Hall–Kier alpha value is -3.48. The summed E-state index contributed by atoms with van der Waals surface area (Å²) < 4.78 is 48.9. The molecule has 3 N–H and O–H groups in total. The Kier molecular flexibility index (Phi) is 9.44. The minimum atomic E-state index is -1.21. The van der Waals surface area contributed by atoms with Crippen molar-refractivity contribution in [2.75, 3.05) is 19.7 Å². The van der Waals surface area contributed by atoms with Crippen LogP contribution in [0.5, 0.6) is 5.75 Å². The van der Waals surface area contributed by atoms with E-state index in [0.29, 0.717) is 42.3 Å². The Morgan fingerprint density at radius 1 is 1.18 bits per heavy atom. The molecule has 3 aromatic rings. The molecular weight excluding hydrogens is 605 g/mol. The van der Waals surface area contributed by atoms with E-state index >= 15 is 0 Å². The maximum absolute atomic E-state index is 14.8. The van der Waals surface area contributed by atoms with Crippen molar-refractivity contribution in [3.63, 3.8) is 0 Å². The van der Waals surface area contributed by atoms with E-state index < -0.39 is 47.8 Å². The molecule has 0 unspecified atom stereocenters. The van der Waals surface area contributed by atoms with Gasteiger partial charge in [0.25, 0.3) is 11.8 Å². The number of nitrogens with zero attached hydrogens (tertiary/aromatic N) is 2. The van der Waals surface area contributed by atoms with Crippen LogP contribution < -0.4 is 15.4 Å². The zero-order valence-corrected chi connectivity index (χ0v) is 25.8. The number of thiazole rings is 1. The zero-order chi connectivity index (χ0) is 31.7. The molecule has 6 rings (SSSR count). The molecule has 12 heteroatoms. The van der Waals surface area contributed by atoms with Gasteiger partial charge >= 0.3 is 0 Å². The van der Waals surface area contributed by atoms with Gasteiger partial charge < -0.3 is 25.4 Å². The van der Waals surface area contributed by atoms with Crippen LogP contribution in [0, 0.1) is 18.6 Å². The number of alkyl halides is 1. The van der Waals surface area contributed by atoms with Crippen LogP contribution in [0.25, 0.3) is 0 Å². The van der Waals surface area contributed by atoms with Crippen LogP contribution in [0.2, 0.25) is 0 Å². The topological polar surface area (TPSA) is 104 Å². The van der Waals surface area contributed by atoms with E-state index in [1.165, 1.54) is 34.4 Å². The number of aryl methyl sites for hydroxylation is 1. The number of amides is 2. The lowest BCUT2D eigenvalue weighted by atomic mass is 9.94. The summed E-state index contributed by atoms with van der Waals surface area (Å²) in [7, 11) is 0. The van der Waals surface area contributed by atoms with Crippen LogP contribution in [0.4, 0.5) is 13.2 Å². The van der Waals surface area contributed by atoms with Crippen molar-refractivity contribution in [2.45, 2.75) is 82.3 Å². The van der Waals surface area contributed by atoms with E-state index in [9.17, 15) is 27.9 Å². The van der Waals surface area contributed by atoms with Crippen molar-refractivity contribution in [1.82, 2.24) is 20.5 Å². The molecule has 240 valence electrons. The minimum Gasteiger partial charge on any atom is -0.493 e. The molecule has 2 aromatic carbocycles. The predicted molar refractivity (Wildman–Crippen MR) is 163 cm³/mol. The van der Waals surface area contributed by atoms with Gasteiger partial charge in [0, 0.05) is 46.3 Å².